The molecule has 1 aromatic carbocycles. The molecule has 112 valence electrons. The first-order chi connectivity index (χ1) is 10.1. The summed E-state index contributed by atoms with van der Waals surface area (Å²) in [6, 6.07) is 8.00. The minimum atomic E-state index is 0.628. The van der Waals surface area contributed by atoms with E-state index in [2.05, 4.69) is 29.1 Å². The number of ether oxygens (including phenoxy) is 1. The maximum atomic E-state index is 5.44. The minimum absolute atomic E-state index is 0.628. The van der Waals surface area contributed by atoms with Crippen LogP contribution >= 0.6 is 0 Å². The molecule has 0 saturated carbocycles. The normalized spacial score (nSPS) is 10.9. The molecule has 1 heterocycles. The number of nitrogens with zero attached hydrogens (tertiary/aromatic N) is 2. The van der Waals surface area contributed by atoms with Gasteiger partial charge < -0.3 is 10.1 Å². The number of hydrogen-bond acceptors (Lipinski definition) is 4. The maximum Gasteiger partial charge on any atom is 0.163 e. The molecule has 2 rings (SSSR count). The number of nitrogens with one attached hydrogen (secondary N) is 1. The van der Waals surface area contributed by atoms with Crippen molar-refractivity contribution in [2.24, 2.45) is 5.92 Å². The minimum Gasteiger partial charge on any atom is -0.496 e. The monoisotopic (exact) mass is 285 g/mol. The van der Waals surface area contributed by atoms with E-state index in [1.165, 1.54) is 0 Å². The molecular formula is C17H23N3O. The van der Waals surface area contributed by atoms with E-state index in [4.69, 9.17) is 4.74 Å². The molecule has 0 bridgehead atoms. The first kappa shape index (κ1) is 15.4. The second-order valence-electron chi connectivity index (χ2n) is 5.60. The molecule has 1 aromatic heterocycles. The quantitative estimate of drug-likeness (QED) is 0.885. The first-order valence-electron chi connectivity index (χ1n) is 7.28. The van der Waals surface area contributed by atoms with Crippen LogP contribution in [0.2, 0.25) is 0 Å². The number of aryl methyl sites for hydroxylation is 1. The summed E-state index contributed by atoms with van der Waals surface area (Å²) in [5, 5.41) is 3.40. The highest BCUT2D eigenvalue weighted by molar-refractivity contribution is 5.64. The fourth-order valence-corrected chi connectivity index (χ4v) is 2.10. The smallest absolute Gasteiger partial charge is 0.163 e. The molecule has 0 fully saturated rings. The molecule has 2 aromatic rings. The predicted molar refractivity (Wildman–Crippen MR) is 85.3 cm³/mol. The van der Waals surface area contributed by atoms with Crippen LogP contribution < -0.4 is 10.1 Å². The second kappa shape index (κ2) is 7.18. The van der Waals surface area contributed by atoms with E-state index in [0.717, 1.165) is 35.7 Å². The van der Waals surface area contributed by atoms with Crippen LogP contribution in [0.15, 0.2) is 30.5 Å². The third-order valence-electron chi connectivity index (χ3n) is 3.17. The summed E-state index contributed by atoms with van der Waals surface area (Å²) in [6.45, 7) is 8.15. The fraction of sp³-hybridized carbons (Fsp3) is 0.412. The largest absolute Gasteiger partial charge is 0.496 e. The number of hydrogen-bond donors (Lipinski definition) is 1. The molecule has 0 unspecified atom stereocenters. The highest BCUT2D eigenvalue weighted by Crippen LogP contribution is 2.28. The van der Waals surface area contributed by atoms with Crippen molar-refractivity contribution in [1.82, 2.24) is 15.3 Å². The molecule has 4 nitrogen and oxygen atoms in total. The van der Waals surface area contributed by atoms with E-state index in [9.17, 15) is 0 Å². The van der Waals surface area contributed by atoms with Gasteiger partial charge >= 0.3 is 0 Å². The lowest BCUT2D eigenvalue weighted by atomic mass is 10.1. The zero-order valence-electron chi connectivity index (χ0n) is 13.2. The third-order valence-corrected chi connectivity index (χ3v) is 3.17. The highest BCUT2D eigenvalue weighted by atomic mass is 16.5. The summed E-state index contributed by atoms with van der Waals surface area (Å²) in [4.78, 5) is 9.00. The van der Waals surface area contributed by atoms with Crippen molar-refractivity contribution in [3.8, 4) is 17.1 Å². The number of benzene rings is 1. The first-order valence-corrected chi connectivity index (χ1v) is 7.28. The van der Waals surface area contributed by atoms with E-state index < -0.39 is 0 Å². The molecule has 0 aliphatic rings. The van der Waals surface area contributed by atoms with Gasteiger partial charge in [0.2, 0.25) is 0 Å². The van der Waals surface area contributed by atoms with E-state index in [0.29, 0.717) is 11.7 Å². The van der Waals surface area contributed by atoms with Crippen LogP contribution in [0, 0.1) is 12.8 Å². The molecular weight excluding hydrogens is 262 g/mol. The number of aromatic nitrogens is 2. The van der Waals surface area contributed by atoms with Gasteiger partial charge in [0.15, 0.2) is 5.82 Å². The molecule has 0 aliphatic heterocycles. The molecule has 0 amide bonds. The Labute approximate surface area is 126 Å². The van der Waals surface area contributed by atoms with Crippen molar-refractivity contribution >= 4 is 0 Å². The van der Waals surface area contributed by atoms with Gasteiger partial charge in [-0.05, 0) is 43.1 Å². The average molecular weight is 285 g/mol. The molecule has 1 N–H and O–H groups in total. The lowest BCUT2D eigenvalue weighted by Gasteiger charge is -2.10. The Bertz CT molecular complexity index is 596. The standard InChI is InChI=1S/C17H23N3O/c1-12(2)10-18-11-14-7-8-19-17(20-14)15-6-5-13(3)9-16(15)21-4/h5-9,12,18H,10-11H2,1-4H3. The summed E-state index contributed by atoms with van der Waals surface area (Å²) >= 11 is 0. The maximum absolute atomic E-state index is 5.44. The van der Waals surface area contributed by atoms with E-state index in [1.54, 1.807) is 13.3 Å². The molecule has 0 aliphatic carbocycles. The van der Waals surface area contributed by atoms with E-state index in [-0.39, 0.29) is 0 Å². The van der Waals surface area contributed by atoms with E-state index in [1.807, 2.05) is 31.2 Å². The molecule has 0 radical (unpaired) electrons. The van der Waals surface area contributed by atoms with Gasteiger partial charge in [-0.2, -0.15) is 0 Å². The van der Waals surface area contributed by atoms with Crippen LogP contribution in [0.5, 0.6) is 5.75 Å². The Balaban J connectivity index is 2.21. The second-order valence-corrected chi connectivity index (χ2v) is 5.60. The molecule has 0 saturated heterocycles. The van der Waals surface area contributed by atoms with Crippen molar-refractivity contribution in [3.05, 3.63) is 41.7 Å². The summed E-state index contributed by atoms with van der Waals surface area (Å²) in [6.07, 6.45) is 1.80. The van der Waals surface area contributed by atoms with Crippen molar-refractivity contribution in [2.75, 3.05) is 13.7 Å². The van der Waals surface area contributed by atoms with Gasteiger partial charge in [-0.3, -0.25) is 0 Å². The Morgan fingerprint density at radius 2 is 2.05 bits per heavy atom. The summed E-state index contributed by atoms with van der Waals surface area (Å²) in [5.74, 6) is 2.14. The summed E-state index contributed by atoms with van der Waals surface area (Å²) in [7, 11) is 1.67. The van der Waals surface area contributed by atoms with Gasteiger partial charge in [-0.25, -0.2) is 9.97 Å². The molecule has 4 heteroatoms. The van der Waals surface area contributed by atoms with Crippen LogP contribution in [0.4, 0.5) is 0 Å². The van der Waals surface area contributed by atoms with Crippen LogP contribution in [0.25, 0.3) is 11.4 Å². The topological polar surface area (TPSA) is 47.0 Å². The molecule has 0 atom stereocenters. The van der Waals surface area contributed by atoms with Crippen molar-refractivity contribution in [2.45, 2.75) is 27.3 Å². The van der Waals surface area contributed by atoms with Crippen molar-refractivity contribution in [3.63, 3.8) is 0 Å². The lowest BCUT2D eigenvalue weighted by Crippen LogP contribution is -2.19. The van der Waals surface area contributed by atoms with Gasteiger partial charge in [-0.1, -0.05) is 19.9 Å². The Morgan fingerprint density at radius 3 is 2.76 bits per heavy atom. The third kappa shape index (κ3) is 4.26. The predicted octanol–water partition coefficient (Wildman–Crippen LogP) is 3.21. The van der Waals surface area contributed by atoms with Gasteiger partial charge in [-0.15, -0.1) is 0 Å². The fourth-order valence-electron chi connectivity index (χ4n) is 2.10. The van der Waals surface area contributed by atoms with E-state index >= 15 is 0 Å². The van der Waals surface area contributed by atoms with Gasteiger partial charge in [0.05, 0.1) is 18.4 Å². The Kier molecular flexibility index (Phi) is 5.28. The van der Waals surface area contributed by atoms with Crippen molar-refractivity contribution in [1.29, 1.82) is 0 Å². The van der Waals surface area contributed by atoms with Crippen LogP contribution in [-0.2, 0) is 6.54 Å². The lowest BCUT2D eigenvalue weighted by molar-refractivity contribution is 0.416. The zero-order chi connectivity index (χ0) is 15.2. The average Bonchev–Trinajstić information content (AvgIpc) is 2.47. The van der Waals surface area contributed by atoms with Crippen molar-refractivity contribution < 1.29 is 4.74 Å². The number of rotatable bonds is 6. The van der Waals surface area contributed by atoms with Gasteiger partial charge in [0.25, 0.3) is 0 Å². The summed E-state index contributed by atoms with van der Waals surface area (Å²) < 4.78 is 5.44. The van der Waals surface area contributed by atoms with Crippen LogP contribution in [0.1, 0.15) is 25.1 Å². The summed E-state index contributed by atoms with van der Waals surface area (Å²) in [5.41, 5.74) is 3.07. The highest BCUT2D eigenvalue weighted by Gasteiger charge is 2.09. The van der Waals surface area contributed by atoms with Gasteiger partial charge in [0.1, 0.15) is 5.75 Å². The van der Waals surface area contributed by atoms with Gasteiger partial charge in [0, 0.05) is 12.7 Å². The zero-order valence-corrected chi connectivity index (χ0v) is 13.2. The van der Waals surface area contributed by atoms with Crippen LogP contribution in [-0.4, -0.2) is 23.6 Å². The molecule has 0 spiro atoms. The SMILES string of the molecule is COc1cc(C)ccc1-c1nccc(CNCC(C)C)n1. The molecule has 21 heavy (non-hydrogen) atoms. The Hall–Kier alpha value is -1.94. The number of methoxy groups -OCH3 is 1. The van der Waals surface area contributed by atoms with Crippen LogP contribution in [0.3, 0.4) is 0 Å². The Morgan fingerprint density at radius 1 is 1.24 bits per heavy atom.